The van der Waals surface area contributed by atoms with Crippen LogP contribution in [0, 0.1) is 11.8 Å². The van der Waals surface area contributed by atoms with Crippen molar-refractivity contribution in [3.63, 3.8) is 0 Å². The van der Waals surface area contributed by atoms with E-state index in [1.165, 1.54) is 7.05 Å². The van der Waals surface area contributed by atoms with Gasteiger partial charge in [-0.25, -0.2) is 0 Å². The normalized spacial score (nSPS) is 31.9. The van der Waals surface area contributed by atoms with E-state index in [4.69, 9.17) is 0 Å². The maximum Gasteiger partial charge on any atom is 0.242 e. The lowest BCUT2D eigenvalue weighted by atomic mass is 9.87. The Bertz CT molecular complexity index is 362. The predicted molar refractivity (Wildman–Crippen MR) is 42.5 cm³/mol. The van der Waals surface area contributed by atoms with Crippen LogP contribution in [0.5, 0.6) is 0 Å². The lowest BCUT2D eigenvalue weighted by molar-refractivity contribution is -0.155. The first-order valence-electron chi connectivity index (χ1n) is 4.17. The fourth-order valence-electron chi connectivity index (χ4n) is 1.78. The minimum Gasteiger partial charge on any atom is -0.295 e. The Balaban J connectivity index is 2.37. The highest BCUT2D eigenvalue weighted by Crippen LogP contribution is 2.29. The monoisotopic (exact) mass is 196 g/mol. The Morgan fingerprint density at radius 2 is 1.86 bits per heavy atom. The molecule has 0 radical (unpaired) electrons. The van der Waals surface area contributed by atoms with Gasteiger partial charge in [-0.05, 0) is 0 Å². The van der Waals surface area contributed by atoms with Crippen molar-refractivity contribution in [3.8, 4) is 0 Å². The number of hydrogen-bond donors (Lipinski definition) is 1. The second-order valence-corrected chi connectivity index (χ2v) is 3.43. The zero-order valence-electron chi connectivity index (χ0n) is 7.44. The molecule has 0 aromatic heterocycles. The van der Waals surface area contributed by atoms with Crippen LogP contribution in [0.4, 0.5) is 0 Å². The number of nitrogens with zero attached hydrogens (tertiary/aromatic N) is 1. The number of rotatable bonds is 0. The standard InChI is InChI=1S/C8H8N2O4/c1-10-4(11)2-3-5(8(10)14)7(13)9-6(3)12/h3,5H,2H2,1H3,(H,9,12,13). The molecule has 6 nitrogen and oxygen atoms in total. The summed E-state index contributed by atoms with van der Waals surface area (Å²) in [5, 5.41) is 2.05. The number of carbonyl (C=O) groups excluding carboxylic acids is 4. The molecule has 2 atom stereocenters. The Kier molecular flexibility index (Phi) is 1.67. The number of fused-ring (bicyclic) bond motifs is 1. The van der Waals surface area contributed by atoms with Crippen LogP contribution in [0.15, 0.2) is 0 Å². The van der Waals surface area contributed by atoms with Crippen molar-refractivity contribution in [1.82, 2.24) is 10.2 Å². The summed E-state index contributed by atoms with van der Waals surface area (Å²) in [4.78, 5) is 45.9. The van der Waals surface area contributed by atoms with Crippen LogP contribution in [0.3, 0.4) is 0 Å². The lowest BCUT2D eigenvalue weighted by Crippen LogP contribution is -2.48. The topological polar surface area (TPSA) is 83.6 Å². The Morgan fingerprint density at radius 1 is 1.21 bits per heavy atom. The van der Waals surface area contributed by atoms with Crippen LogP contribution in [-0.4, -0.2) is 35.6 Å². The molecule has 2 saturated heterocycles. The van der Waals surface area contributed by atoms with Gasteiger partial charge in [0.05, 0.1) is 5.92 Å². The number of imide groups is 2. The third-order valence-electron chi connectivity index (χ3n) is 2.63. The van der Waals surface area contributed by atoms with Crippen LogP contribution in [0.2, 0.25) is 0 Å². The third kappa shape index (κ3) is 0.966. The van der Waals surface area contributed by atoms with Gasteiger partial charge in [0.15, 0.2) is 0 Å². The first-order valence-corrected chi connectivity index (χ1v) is 4.17. The smallest absolute Gasteiger partial charge is 0.242 e. The molecule has 1 N–H and O–H groups in total. The zero-order valence-corrected chi connectivity index (χ0v) is 7.44. The van der Waals surface area contributed by atoms with Gasteiger partial charge < -0.3 is 0 Å². The van der Waals surface area contributed by atoms with Crippen LogP contribution < -0.4 is 5.32 Å². The van der Waals surface area contributed by atoms with E-state index in [2.05, 4.69) is 5.32 Å². The van der Waals surface area contributed by atoms with Crippen molar-refractivity contribution in [3.05, 3.63) is 0 Å². The predicted octanol–water partition coefficient (Wildman–Crippen LogP) is -1.74. The number of nitrogens with one attached hydrogen (secondary N) is 1. The lowest BCUT2D eigenvalue weighted by Gasteiger charge is -2.26. The summed E-state index contributed by atoms with van der Waals surface area (Å²) in [5.74, 6) is -3.90. The number of amides is 4. The highest BCUT2D eigenvalue weighted by atomic mass is 16.2. The molecule has 2 aliphatic heterocycles. The highest BCUT2D eigenvalue weighted by molar-refractivity contribution is 6.19. The van der Waals surface area contributed by atoms with Crippen LogP contribution in [0.25, 0.3) is 0 Å². The van der Waals surface area contributed by atoms with Gasteiger partial charge in [-0.15, -0.1) is 0 Å². The largest absolute Gasteiger partial charge is 0.295 e. The van der Waals surface area contributed by atoms with Crippen molar-refractivity contribution in [2.24, 2.45) is 11.8 Å². The summed E-state index contributed by atoms with van der Waals surface area (Å²) < 4.78 is 0. The molecule has 2 aliphatic rings. The fourth-order valence-corrected chi connectivity index (χ4v) is 1.78. The quantitative estimate of drug-likeness (QED) is 0.368. The average Bonchev–Trinajstić information content (AvgIpc) is 2.38. The Labute approximate surface area is 79.2 Å². The van der Waals surface area contributed by atoms with Gasteiger partial charge in [-0.3, -0.25) is 29.4 Å². The zero-order chi connectivity index (χ0) is 10.5. The molecule has 2 rings (SSSR count). The molecule has 14 heavy (non-hydrogen) atoms. The van der Waals surface area contributed by atoms with Gasteiger partial charge in [0.2, 0.25) is 23.6 Å². The van der Waals surface area contributed by atoms with Gasteiger partial charge in [0, 0.05) is 13.5 Å². The van der Waals surface area contributed by atoms with Gasteiger partial charge in [0.1, 0.15) is 5.92 Å². The van der Waals surface area contributed by atoms with Gasteiger partial charge >= 0.3 is 0 Å². The molecule has 6 heteroatoms. The van der Waals surface area contributed by atoms with E-state index in [1.54, 1.807) is 0 Å². The van der Waals surface area contributed by atoms with Crippen molar-refractivity contribution in [1.29, 1.82) is 0 Å². The molecule has 0 saturated carbocycles. The molecule has 0 aliphatic carbocycles. The maximum atomic E-state index is 11.5. The number of carbonyl (C=O) groups is 4. The van der Waals surface area contributed by atoms with Crippen LogP contribution in [0.1, 0.15) is 6.42 Å². The average molecular weight is 196 g/mol. The summed E-state index contributed by atoms with van der Waals surface area (Å²) in [7, 11) is 1.32. The molecular formula is C8H8N2O4. The first-order chi connectivity index (χ1) is 6.52. The summed E-state index contributed by atoms with van der Waals surface area (Å²) in [6.45, 7) is 0. The van der Waals surface area contributed by atoms with Crippen molar-refractivity contribution in [2.75, 3.05) is 7.05 Å². The van der Waals surface area contributed by atoms with E-state index in [0.29, 0.717) is 0 Å². The van der Waals surface area contributed by atoms with Crippen molar-refractivity contribution in [2.45, 2.75) is 6.42 Å². The van der Waals surface area contributed by atoms with Crippen LogP contribution in [-0.2, 0) is 19.2 Å². The summed E-state index contributed by atoms with van der Waals surface area (Å²) >= 11 is 0. The minimum absolute atomic E-state index is 0.0650. The molecule has 74 valence electrons. The summed E-state index contributed by atoms with van der Waals surface area (Å²) in [6, 6.07) is 0. The summed E-state index contributed by atoms with van der Waals surface area (Å²) in [6.07, 6.45) is -0.0650. The Hall–Kier alpha value is -1.72. The molecule has 4 amide bonds. The van der Waals surface area contributed by atoms with Gasteiger partial charge in [-0.2, -0.15) is 0 Å². The molecule has 0 aromatic carbocycles. The van der Waals surface area contributed by atoms with E-state index in [-0.39, 0.29) is 6.42 Å². The van der Waals surface area contributed by atoms with E-state index in [0.717, 1.165) is 4.90 Å². The molecule has 0 bridgehead atoms. The van der Waals surface area contributed by atoms with E-state index in [1.807, 2.05) is 0 Å². The van der Waals surface area contributed by atoms with Gasteiger partial charge in [-0.1, -0.05) is 0 Å². The third-order valence-corrected chi connectivity index (χ3v) is 2.63. The van der Waals surface area contributed by atoms with Crippen LogP contribution >= 0.6 is 0 Å². The second-order valence-electron chi connectivity index (χ2n) is 3.43. The van der Waals surface area contributed by atoms with E-state index in [9.17, 15) is 19.2 Å². The SMILES string of the molecule is CN1C(=O)CC2C(=O)NC(=O)C2C1=O. The number of likely N-dealkylation sites (tertiary alicyclic amines) is 1. The molecule has 2 heterocycles. The maximum absolute atomic E-state index is 11.5. The summed E-state index contributed by atoms with van der Waals surface area (Å²) in [5.41, 5.74) is 0. The Morgan fingerprint density at radius 3 is 2.50 bits per heavy atom. The minimum atomic E-state index is -0.995. The molecule has 2 fully saturated rings. The molecular weight excluding hydrogens is 188 g/mol. The molecule has 2 unspecified atom stereocenters. The van der Waals surface area contributed by atoms with E-state index < -0.39 is 35.5 Å². The fraction of sp³-hybridized carbons (Fsp3) is 0.500. The number of hydrogen-bond acceptors (Lipinski definition) is 4. The number of piperidine rings is 1. The molecule has 0 spiro atoms. The van der Waals surface area contributed by atoms with Crippen molar-refractivity contribution >= 4 is 23.6 Å². The first kappa shape index (κ1) is 8.86. The highest BCUT2D eigenvalue weighted by Gasteiger charge is 2.52. The molecule has 0 aromatic rings. The second kappa shape index (κ2) is 2.63. The van der Waals surface area contributed by atoms with E-state index >= 15 is 0 Å². The van der Waals surface area contributed by atoms with Gasteiger partial charge in [0.25, 0.3) is 0 Å². The van der Waals surface area contributed by atoms with Crippen molar-refractivity contribution < 1.29 is 19.2 Å².